The van der Waals surface area contributed by atoms with Gasteiger partial charge >= 0.3 is 0 Å². The molecule has 0 radical (unpaired) electrons. The van der Waals surface area contributed by atoms with Crippen molar-refractivity contribution in [3.63, 3.8) is 0 Å². The third kappa shape index (κ3) is 3.37. The predicted octanol–water partition coefficient (Wildman–Crippen LogP) is 4.30. The van der Waals surface area contributed by atoms with Crippen LogP contribution in [-0.4, -0.2) is 7.11 Å². The molecule has 1 unspecified atom stereocenters. The number of ether oxygens (including phenoxy) is 1. The van der Waals surface area contributed by atoms with E-state index in [2.05, 4.69) is 67.6 Å². The first-order valence-electron chi connectivity index (χ1n) is 7.33. The summed E-state index contributed by atoms with van der Waals surface area (Å²) in [6, 6.07) is 25.7. The Bertz CT molecular complexity index is 748. The van der Waals surface area contributed by atoms with Crippen molar-refractivity contribution in [2.45, 2.75) is 6.92 Å². The van der Waals surface area contributed by atoms with Crippen molar-refractivity contribution in [2.24, 2.45) is 0 Å². The Morgan fingerprint density at radius 3 is 2.23 bits per heavy atom. The Labute approximate surface area is 133 Å². The van der Waals surface area contributed by atoms with Gasteiger partial charge in [-0.15, -0.1) is 0 Å². The molecule has 110 valence electrons. The van der Waals surface area contributed by atoms with Crippen LogP contribution < -0.4 is 15.3 Å². The van der Waals surface area contributed by atoms with Gasteiger partial charge in [-0.05, 0) is 40.8 Å². The molecule has 0 bridgehead atoms. The highest BCUT2D eigenvalue weighted by atomic mass is 31.1. The van der Waals surface area contributed by atoms with Gasteiger partial charge in [0.25, 0.3) is 0 Å². The molecule has 0 amide bonds. The lowest BCUT2D eigenvalue weighted by Crippen LogP contribution is -2.07. The zero-order chi connectivity index (χ0) is 15.4. The van der Waals surface area contributed by atoms with Gasteiger partial charge < -0.3 is 4.74 Å². The first-order chi connectivity index (χ1) is 10.8. The Morgan fingerprint density at radius 2 is 1.55 bits per heavy atom. The van der Waals surface area contributed by atoms with Crippen LogP contribution in [-0.2, 0) is 0 Å². The van der Waals surface area contributed by atoms with Gasteiger partial charge in [-0.1, -0.05) is 74.8 Å². The smallest absolute Gasteiger partial charge is 0.118 e. The maximum atomic E-state index is 5.23. The van der Waals surface area contributed by atoms with Crippen LogP contribution in [0.3, 0.4) is 0 Å². The van der Waals surface area contributed by atoms with E-state index >= 15 is 0 Å². The Balaban J connectivity index is 1.96. The topological polar surface area (TPSA) is 9.23 Å². The molecule has 0 aliphatic carbocycles. The molecule has 0 heterocycles. The summed E-state index contributed by atoms with van der Waals surface area (Å²) in [5, 5.41) is 2.70. The van der Waals surface area contributed by atoms with E-state index < -0.39 is 0 Å². The van der Waals surface area contributed by atoms with Crippen molar-refractivity contribution in [1.82, 2.24) is 0 Å². The summed E-state index contributed by atoms with van der Waals surface area (Å²) in [5.74, 6) is 0.903. The Morgan fingerprint density at radius 1 is 0.818 bits per heavy atom. The minimum atomic E-state index is 0.640. The molecule has 2 heteroatoms. The quantitative estimate of drug-likeness (QED) is 0.653. The highest BCUT2D eigenvalue weighted by Gasteiger charge is 2.06. The molecule has 3 aromatic rings. The number of hydrogen-bond donors (Lipinski definition) is 0. The summed E-state index contributed by atoms with van der Waals surface area (Å²) in [4.78, 5) is 0. The molecule has 0 aliphatic heterocycles. The molecule has 0 N–H and O–H groups in total. The molecule has 0 saturated carbocycles. The maximum absolute atomic E-state index is 5.23. The highest BCUT2D eigenvalue weighted by Crippen LogP contribution is 2.25. The number of hydrogen-bond acceptors (Lipinski definition) is 1. The second-order valence-electron chi connectivity index (χ2n) is 5.27. The van der Waals surface area contributed by atoms with Gasteiger partial charge in [-0.25, -0.2) is 0 Å². The minimum absolute atomic E-state index is 0.640. The monoisotopic (exact) mass is 306 g/mol. The zero-order valence-electron chi connectivity index (χ0n) is 12.8. The largest absolute Gasteiger partial charge is 0.497 e. The fourth-order valence-corrected chi connectivity index (χ4v) is 3.62. The molecule has 0 spiro atoms. The molecule has 22 heavy (non-hydrogen) atoms. The molecule has 3 aromatic carbocycles. The number of benzene rings is 3. The van der Waals surface area contributed by atoms with Crippen LogP contribution in [0.2, 0.25) is 0 Å². The second-order valence-corrected chi connectivity index (χ2v) is 6.63. The Kier molecular flexibility index (Phi) is 4.56. The number of methoxy groups -OCH3 is 1. The van der Waals surface area contributed by atoms with Crippen LogP contribution in [0.15, 0.2) is 72.8 Å². The number of aryl methyl sites for hydroxylation is 1. The first-order valence-corrected chi connectivity index (χ1v) is 8.33. The molecule has 0 aromatic heterocycles. The van der Waals surface area contributed by atoms with Crippen LogP contribution in [0.25, 0.3) is 11.1 Å². The molecule has 0 fully saturated rings. The van der Waals surface area contributed by atoms with Gasteiger partial charge in [0, 0.05) is 0 Å². The van der Waals surface area contributed by atoms with Gasteiger partial charge in [-0.3, -0.25) is 0 Å². The fourth-order valence-electron chi connectivity index (χ4n) is 2.45. The molecule has 0 saturated heterocycles. The lowest BCUT2D eigenvalue weighted by molar-refractivity contribution is 0.415. The molecule has 1 atom stereocenters. The van der Waals surface area contributed by atoms with Crippen molar-refractivity contribution < 1.29 is 4.74 Å². The normalized spacial score (nSPS) is 11.0. The molecule has 0 aliphatic rings. The van der Waals surface area contributed by atoms with Crippen LogP contribution in [0.4, 0.5) is 0 Å². The summed E-state index contributed by atoms with van der Waals surface area (Å²) >= 11 is 0. The Hall–Kier alpha value is -2.11. The van der Waals surface area contributed by atoms with Crippen LogP contribution in [0, 0.1) is 6.92 Å². The summed E-state index contributed by atoms with van der Waals surface area (Å²) in [5.41, 5.74) is 3.90. The standard InChI is InChI=1S/C20H19OP/c1-15-8-13-20(19(14-15)16-6-4-3-5-7-16)22-18-11-9-17(21-2)10-12-18/h3-14,22H,1-2H3. The van der Waals surface area contributed by atoms with Crippen molar-refractivity contribution >= 4 is 19.2 Å². The van der Waals surface area contributed by atoms with Gasteiger partial charge in [0.15, 0.2) is 0 Å². The van der Waals surface area contributed by atoms with Gasteiger partial charge in [0.1, 0.15) is 5.75 Å². The summed E-state index contributed by atoms with van der Waals surface area (Å²) in [6.07, 6.45) is 0. The summed E-state index contributed by atoms with van der Waals surface area (Å²) < 4.78 is 5.23. The second kappa shape index (κ2) is 6.77. The van der Waals surface area contributed by atoms with Crippen LogP contribution in [0.5, 0.6) is 5.75 Å². The van der Waals surface area contributed by atoms with E-state index in [1.807, 2.05) is 12.1 Å². The van der Waals surface area contributed by atoms with Crippen LogP contribution in [0.1, 0.15) is 5.56 Å². The van der Waals surface area contributed by atoms with Crippen molar-refractivity contribution in [3.8, 4) is 16.9 Å². The lowest BCUT2D eigenvalue weighted by atomic mass is 10.0. The SMILES string of the molecule is COc1ccc(Pc2ccc(C)cc2-c2ccccc2)cc1. The highest BCUT2D eigenvalue weighted by molar-refractivity contribution is 7.55. The first kappa shape index (κ1) is 14.8. The average Bonchev–Trinajstić information content (AvgIpc) is 2.58. The minimum Gasteiger partial charge on any atom is -0.497 e. The summed E-state index contributed by atoms with van der Waals surface area (Å²) in [7, 11) is 2.34. The van der Waals surface area contributed by atoms with Crippen molar-refractivity contribution in [3.05, 3.63) is 78.4 Å². The fraction of sp³-hybridized carbons (Fsp3) is 0.100. The van der Waals surface area contributed by atoms with E-state index in [1.165, 1.54) is 27.3 Å². The number of rotatable bonds is 4. The summed E-state index contributed by atoms with van der Waals surface area (Å²) in [6.45, 7) is 2.15. The van der Waals surface area contributed by atoms with Crippen molar-refractivity contribution in [2.75, 3.05) is 7.11 Å². The van der Waals surface area contributed by atoms with Gasteiger partial charge in [0.05, 0.1) is 7.11 Å². The third-order valence-corrected chi connectivity index (χ3v) is 4.96. The van der Waals surface area contributed by atoms with Crippen molar-refractivity contribution in [1.29, 1.82) is 0 Å². The predicted molar refractivity (Wildman–Crippen MR) is 97.2 cm³/mol. The molecular weight excluding hydrogens is 287 g/mol. The van der Waals surface area contributed by atoms with Crippen LogP contribution >= 0.6 is 8.58 Å². The zero-order valence-corrected chi connectivity index (χ0v) is 13.8. The van der Waals surface area contributed by atoms with E-state index in [0.717, 1.165) is 5.75 Å². The lowest BCUT2D eigenvalue weighted by Gasteiger charge is -2.12. The van der Waals surface area contributed by atoms with E-state index in [0.29, 0.717) is 8.58 Å². The molecular formula is C20H19OP. The van der Waals surface area contributed by atoms with E-state index in [4.69, 9.17) is 4.74 Å². The maximum Gasteiger partial charge on any atom is 0.118 e. The van der Waals surface area contributed by atoms with Gasteiger partial charge in [0.2, 0.25) is 0 Å². The van der Waals surface area contributed by atoms with E-state index in [-0.39, 0.29) is 0 Å². The molecule has 1 nitrogen and oxygen atoms in total. The average molecular weight is 306 g/mol. The molecule has 3 rings (SSSR count). The van der Waals surface area contributed by atoms with E-state index in [9.17, 15) is 0 Å². The third-order valence-electron chi connectivity index (χ3n) is 3.63. The van der Waals surface area contributed by atoms with E-state index in [1.54, 1.807) is 7.11 Å². The van der Waals surface area contributed by atoms with Gasteiger partial charge in [-0.2, -0.15) is 0 Å².